The van der Waals surface area contributed by atoms with Crippen molar-refractivity contribution in [2.45, 2.75) is 44.2 Å². The first kappa shape index (κ1) is 27.1. The Labute approximate surface area is 199 Å². The molecular weight excluding hydrogens is 622 g/mol. The molecule has 0 fully saturated rings. The van der Waals surface area contributed by atoms with Crippen molar-refractivity contribution < 1.29 is 64.0 Å². The number of carboxylic acids is 3. The number of nitrogens with one attached hydrogen (secondary N) is 4. The predicted octanol–water partition coefficient (Wildman–Crippen LogP) is 0.223. The molecule has 1 rings (SSSR count). The maximum atomic E-state index is 11.9. The molecule has 7 N–H and O–H groups in total. The smallest absolute Gasteiger partial charge is 0.480 e. The summed E-state index contributed by atoms with van der Waals surface area (Å²) in [4.78, 5) is 56.8. The minimum absolute atomic E-state index is 0.0542. The van der Waals surface area contributed by atoms with Crippen LogP contribution in [-0.2, 0) is 14.4 Å². The van der Waals surface area contributed by atoms with E-state index in [1.807, 2.05) is 18.2 Å². The normalized spacial score (nSPS) is 12.2. The van der Waals surface area contributed by atoms with Gasteiger partial charge in [0.05, 0.1) is 0 Å². The Balaban J connectivity index is 2.37. The molecule has 0 saturated carbocycles. The Bertz CT molecular complexity index is 835. The summed E-state index contributed by atoms with van der Waals surface area (Å²) in [5.74, 6) is -3.95. The summed E-state index contributed by atoms with van der Waals surface area (Å²) in [6.45, 7) is 0.288. The van der Waals surface area contributed by atoms with E-state index in [0.717, 1.165) is 3.27 Å². The van der Waals surface area contributed by atoms with Crippen LogP contribution in [0.2, 0.25) is 0 Å². The molecule has 12 nitrogen and oxygen atoms in total. The molecule has 32 heavy (non-hydrogen) atoms. The van der Waals surface area contributed by atoms with Crippen LogP contribution >= 0.6 is 0 Å². The van der Waals surface area contributed by atoms with Gasteiger partial charge in [0, 0.05) is 6.42 Å². The van der Waals surface area contributed by atoms with Crippen LogP contribution in [0, 0.1) is 24.7 Å². The Morgan fingerprint density at radius 1 is 0.875 bits per heavy atom. The second-order valence-corrected chi connectivity index (χ2v) is 8.42. The molecule has 13 heteroatoms. The van der Waals surface area contributed by atoms with E-state index in [-0.39, 0.29) is 19.4 Å². The zero-order valence-corrected chi connectivity index (χ0v) is 19.9. The molecule has 0 saturated heterocycles. The fourth-order valence-electron chi connectivity index (χ4n) is 2.56. The van der Waals surface area contributed by atoms with Crippen LogP contribution in [0.5, 0.6) is 0 Å². The number of benzene rings is 1. The van der Waals surface area contributed by atoms with Crippen molar-refractivity contribution in [1.82, 2.24) is 16.0 Å². The summed E-state index contributed by atoms with van der Waals surface area (Å²) >= 11 is 1.48. The van der Waals surface area contributed by atoms with Gasteiger partial charge in [-0.25, -0.2) is 14.4 Å². The van der Waals surface area contributed by atoms with Crippen molar-refractivity contribution >= 4 is 38.9 Å². The SMILES string of the molecule is O=C(O)CC[C@H](NC(=O)N[C@@H](CCCCNC(=O)Nc1cccc([At])c1)C(=O)O)C(=O)O. The molecule has 2 atom stereocenters. The van der Waals surface area contributed by atoms with E-state index in [9.17, 15) is 29.1 Å². The number of carboxylic acid groups (broad SMARTS) is 3. The summed E-state index contributed by atoms with van der Waals surface area (Å²) in [7, 11) is 0. The van der Waals surface area contributed by atoms with Gasteiger partial charge in [0.2, 0.25) is 0 Å². The molecule has 176 valence electrons. The number of amides is 4. The number of urea groups is 2. The average molecular weight is 647 g/mol. The molecule has 0 aliphatic heterocycles. The molecule has 0 aliphatic carbocycles. The molecule has 4 amide bonds. The number of anilines is 1. The number of carbonyl (C=O) groups excluding carboxylic acids is 2. The molecule has 0 heterocycles. The maximum absolute atomic E-state index is 11.9. The molecule has 1 aromatic carbocycles. The first-order valence-corrected chi connectivity index (χ1v) is 11.1. The summed E-state index contributed by atoms with van der Waals surface area (Å²) in [6, 6.07) is 3.19. The molecular formula is C19H25AtN4O8. The second-order valence-electron chi connectivity index (χ2n) is 6.72. The fraction of sp³-hybridized carbons (Fsp3) is 0.421. The van der Waals surface area contributed by atoms with E-state index < -0.39 is 48.5 Å². The van der Waals surface area contributed by atoms with E-state index in [0.29, 0.717) is 18.5 Å². The van der Waals surface area contributed by atoms with Crippen molar-refractivity contribution in [1.29, 1.82) is 0 Å². The van der Waals surface area contributed by atoms with Crippen LogP contribution in [0.25, 0.3) is 0 Å². The number of unbranched alkanes of at least 4 members (excludes halogenated alkanes) is 1. The van der Waals surface area contributed by atoms with Crippen LogP contribution in [0.1, 0.15) is 32.1 Å². The van der Waals surface area contributed by atoms with E-state index >= 15 is 0 Å². The Hall–Kier alpha value is -2.95. The van der Waals surface area contributed by atoms with E-state index in [4.69, 9.17) is 10.2 Å². The third kappa shape index (κ3) is 11.4. The van der Waals surface area contributed by atoms with Crippen molar-refractivity contribution in [2.24, 2.45) is 0 Å². The van der Waals surface area contributed by atoms with Gasteiger partial charge in [-0.2, -0.15) is 0 Å². The average Bonchev–Trinajstić information content (AvgIpc) is 2.69. The summed E-state index contributed by atoms with van der Waals surface area (Å²) in [5, 5.41) is 36.5. The van der Waals surface area contributed by atoms with Gasteiger partial charge in [-0.15, -0.1) is 0 Å². The number of hydrogen-bond acceptors (Lipinski definition) is 5. The van der Waals surface area contributed by atoms with E-state index in [1.54, 1.807) is 6.07 Å². The van der Waals surface area contributed by atoms with Crippen molar-refractivity contribution in [3.63, 3.8) is 0 Å². The van der Waals surface area contributed by atoms with Gasteiger partial charge in [-0.1, -0.05) is 0 Å². The molecule has 0 bridgehead atoms. The van der Waals surface area contributed by atoms with Crippen LogP contribution in [-0.4, -0.2) is 63.9 Å². The molecule has 0 spiro atoms. The first-order chi connectivity index (χ1) is 15.1. The van der Waals surface area contributed by atoms with Gasteiger partial charge in [0.15, 0.2) is 0 Å². The summed E-state index contributed by atoms with van der Waals surface area (Å²) < 4.78 is 1.05. The zero-order chi connectivity index (χ0) is 24.1. The molecule has 0 radical (unpaired) electrons. The predicted molar refractivity (Wildman–Crippen MR) is 108 cm³/mol. The Morgan fingerprint density at radius 2 is 1.50 bits per heavy atom. The Morgan fingerprint density at radius 3 is 2.06 bits per heavy atom. The minimum atomic E-state index is -1.46. The van der Waals surface area contributed by atoms with Crippen molar-refractivity contribution in [3.8, 4) is 0 Å². The van der Waals surface area contributed by atoms with Gasteiger partial charge in [0.1, 0.15) is 6.04 Å². The minimum Gasteiger partial charge on any atom is -0.480 e. The van der Waals surface area contributed by atoms with Gasteiger partial charge in [-0.3, -0.25) is 4.79 Å². The standard InChI is InChI=1S/C19H25AtN4O8/c20-11-4-3-5-12(10-11)22-18(31)21-9-2-1-6-13(16(27)28)23-19(32)24-14(17(29)30)7-8-15(25)26/h3-5,10,13-14H,1-2,6-9H2,(H,25,26)(H,27,28)(H,29,30)(H2,21,22,31)(H2,23,24,32)/t13-,14-/m0/s1. The molecule has 1 aromatic rings. The van der Waals surface area contributed by atoms with Gasteiger partial charge in [0.25, 0.3) is 0 Å². The number of carbonyl (C=O) groups is 5. The monoisotopic (exact) mass is 647 g/mol. The molecule has 0 unspecified atom stereocenters. The van der Waals surface area contributed by atoms with E-state index in [2.05, 4.69) is 21.3 Å². The number of rotatable bonds is 13. The third-order valence-electron chi connectivity index (χ3n) is 4.14. The zero-order valence-electron chi connectivity index (χ0n) is 17.0. The van der Waals surface area contributed by atoms with Crippen LogP contribution in [0.3, 0.4) is 0 Å². The quantitative estimate of drug-likeness (QED) is 0.148. The summed E-state index contributed by atoms with van der Waals surface area (Å²) in [5.41, 5.74) is 0.659. The van der Waals surface area contributed by atoms with Gasteiger partial charge < -0.3 is 20.6 Å². The fourth-order valence-corrected chi connectivity index (χ4v) is 3.30. The third-order valence-corrected chi connectivity index (χ3v) is 5.06. The van der Waals surface area contributed by atoms with Gasteiger partial charge in [-0.05, 0) is 6.42 Å². The van der Waals surface area contributed by atoms with Gasteiger partial charge >= 0.3 is 141 Å². The number of aliphatic carboxylic acids is 3. The van der Waals surface area contributed by atoms with Crippen LogP contribution in [0.4, 0.5) is 15.3 Å². The topological polar surface area (TPSA) is 194 Å². The molecule has 0 aromatic heterocycles. The van der Waals surface area contributed by atoms with Crippen LogP contribution < -0.4 is 24.5 Å². The van der Waals surface area contributed by atoms with Crippen LogP contribution in [0.15, 0.2) is 24.3 Å². The first-order valence-electron chi connectivity index (χ1n) is 9.63. The second kappa shape index (κ2) is 14.2. The van der Waals surface area contributed by atoms with Crippen molar-refractivity contribution in [2.75, 3.05) is 11.9 Å². The van der Waals surface area contributed by atoms with E-state index in [1.165, 1.54) is 24.7 Å². The molecule has 0 aliphatic rings. The summed E-state index contributed by atoms with van der Waals surface area (Å²) in [6.07, 6.45) is 0.0648. The Kier molecular flexibility index (Phi) is 12.0. The number of hydrogen-bond donors (Lipinski definition) is 7. The van der Waals surface area contributed by atoms with Crippen molar-refractivity contribution in [3.05, 3.63) is 24.3 Å².